The molecule has 0 atom stereocenters. The fourth-order valence-electron chi connectivity index (χ4n) is 6.95. The Balaban J connectivity index is 1.12. The molecule has 5 aromatic heterocycles. The van der Waals surface area contributed by atoms with E-state index in [2.05, 4.69) is 114 Å². The molecule has 5 heteroatoms. The van der Waals surface area contributed by atoms with Gasteiger partial charge in [-0.2, -0.15) is 0 Å². The summed E-state index contributed by atoms with van der Waals surface area (Å²) >= 11 is 0. The van der Waals surface area contributed by atoms with Crippen LogP contribution in [-0.4, -0.2) is 24.9 Å². The van der Waals surface area contributed by atoms with Crippen molar-refractivity contribution in [3.05, 3.63) is 152 Å². The van der Waals surface area contributed by atoms with Gasteiger partial charge in [-0.3, -0.25) is 9.97 Å². The Morgan fingerprint density at radius 3 is 1.75 bits per heavy atom. The van der Waals surface area contributed by atoms with Crippen molar-refractivity contribution in [1.82, 2.24) is 24.9 Å². The SMILES string of the molecule is c1ccc(-c2ccc3ccc4ccc(-c5ccc(-c6nc7ccccc7c7c6cnc6c7ccc7cccnc76)cc5)nc4c3n2)cc1. The van der Waals surface area contributed by atoms with Crippen LogP contribution >= 0.6 is 0 Å². The number of rotatable bonds is 3. The van der Waals surface area contributed by atoms with Gasteiger partial charge in [0.1, 0.15) is 0 Å². The number of aromatic nitrogens is 5. The molecular formula is C43H25N5. The number of para-hydroxylation sites is 1. The van der Waals surface area contributed by atoms with E-state index in [-0.39, 0.29) is 0 Å². The van der Waals surface area contributed by atoms with Gasteiger partial charge in [-0.15, -0.1) is 0 Å². The second-order valence-corrected chi connectivity index (χ2v) is 12.1. The van der Waals surface area contributed by atoms with Crippen LogP contribution in [0.5, 0.6) is 0 Å². The molecule has 0 aliphatic rings. The van der Waals surface area contributed by atoms with E-state index in [1.807, 2.05) is 42.7 Å². The zero-order chi connectivity index (χ0) is 31.6. The van der Waals surface area contributed by atoms with Crippen LogP contribution in [0, 0.1) is 0 Å². The molecule has 0 amide bonds. The quantitative estimate of drug-likeness (QED) is 0.186. The number of hydrogen-bond acceptors (Lipinski definition) is 5. The second-order valence-electron chi connectivity index (χ2n) is 12.1. The predicted octanol–water partition coefficient (Wildman–Crippen LogP) is 10.6. The summed E-state index contributed by atoms with van der Waals surface area (Å²) in [6, 6.07) is 48.2. The molecule has 0 N–H and O–H groups in total. The molecule has 0 spiro atoms. The van der Waals surface area contributed by atoms with Gasteiger partial charge in [-0.1, -0.05) is 115 Å². The molecule has 0 bridgehead atoms. The molecule has 48 heavy (non-hydrogen) atoms. The zero-order valence-corrected chi connectivity index (χ0v) is 25.7. The Hall–Kier alpha value is -6.59. The first kappa shape index (κ1) is 26.6. The fourth-order valence-corrected chi connectivity index (χ4v) is 6.95. The highest BCUT2D eigenvalue weighted by Gasteiger charge is 2.16. The molecule has 0 aliphatic carbocycles. The van der Waals surface area contributed by atoms with E-state index in [1.165, 1.54) is 0 Å². The Morgan fingerprint density at radius 1 is 0.354 bits per heavy atom. The molecule has 0 fully saturated rings. The van der Waals surface area contributed by atoms with Gasteiger partial charge in [0.15, 0.2) is 0 Å². The first-order valence-corrected chi connectivity index (χ1v) is 16.0. The van der Waals surface area contributed by atoms with Crippen molar-refractivity contribution >= 4 is 65.3 Å². The van der Waals surface area contributed by atoms with E-state index in [4.69, 9.17) is 19.9 Å². The minimum Gasteiger partial charge on any atom is -0.254 e. The normalized spacial score (nSPS) is 11.8. The summed E-state index contributed by atoms with van der Waals surface area (Å²) in [4.78, 5) is 25.1. The Bertz CT molecular complexity index is 2880. The summed E-state index contributed by atoms with van der Waals surface area (Å²) in [5, 5.41) is 7.55. The number of hydrogen-bond donors (Lipinski definition) is 0. The highest BCUT2D eigenvalue weighted by Crippen LogP contribution is 2.38. The van der Waals surface area contributed by atoms with Crippen LogP contribution in [-0.2, 0) is 0 Å². The molecule has 0 unspecified atom stereocenters. The highest BCUT2D eigenvalue weighted by atomic mass is 14.8. The fraction of sp³-hybridized carbons (Fsp3) is 0. The number of nitrogens with zero attached hydrogens (tertiary/aromatic N) is 5. The average molecular weight is 612 g/mol. The second kappa shape index (κ2) is 10.5. The smallest absolute Gasteiger partial charge is 0.0972 e. The van der Waals surface area contributed by atoms with Crippen molar-refractivity contribution in [3.63, 3.8) is 0 Å². The van der Waals surface area contributed by atoms with Crippen LogP contribution in [0.2, 0.25) is 0 Å². The third-order valence-electron chi connectivity index (χ3n) is 9.31. The summed E-state index contributed by atoms with van der Waals surface area (Å²) in [6.45, 7) is 0. The van der Waals surface area contributed by atoms with E-state index in [1.54, 1.807) is 0 Å². The first-order valence-electron chi connectivity index (χ1n) is 16.0. The van der Waals surface area contributed by atoms with Gasteiger partial charge in [-0.25, -0.2) is 15.0 Å². The van der Waals surface area contributed by atoms with E-state index in [9.17, 15) is 0 Å². The first-order chi connectivity index (χ1) is 23.8. The molecule has 10 aromatic rings. The van der Waals surface area contributed by atoms with Crippen LogP contribution in [0.1, 0.15) is 0 Å². The molecule has 222 valence electrons. The van der Waals surface area contributed by atoms with Crippen LogP contribution in [0.15, 0.2) is 152 Å². The van der Waals surface area contributed by atoms with Crippen molar-refractivity contribution in [2.24, 2.45) is 0 Å². The Morgan fingerprint density at radius 2 is 0.979 bits per heavy atom. The third-order valence-corrected chi connectivity index (χ3v) is 9.31. The molecule has 10 rings (SSSR count). The van der Waals surface area contributed by atoms with Gasteiger partial charge in [0.2, 0.25) is 0 Å². The van der Waals surface area contributed by atoms with Crippen molar-refractivity contribution < 1.29 is 0 Å². The Labute approximate surface area is 275 Å². The molecule has 5 aromatic carbocycles. The maximum absolute atomic E-state index is 5.17. The molecule has 0 radical (unpaired) electrons. The molecular weight excluding hydrogens is 587 g/mol. The minimum atomic E-state index is 0.897. The summed E-state index contributed by atoms with van der Waals surface area (Å²) < 4.78 is 0. The standard InChI is InChI=1S/C43H25N5/c1-2-7-26(8-3-1)35-22-19-30-16-17-31-20-23-36(47-42(31)41(30)46-35)27-12-14-29(15-13-27)39-34-25-45-43-33(21-18-28-9-6-24-44-40(28)43)38(34)32-10-4-5-11-37(32)48-39/h1-25H. The van der Waals surface area contributed by atoms with Crippen molar-refractivity contribution in [3.8, 4) is 33.8 Å². The van der Waals surface area contributed by atoms with Gasteiger partial charge in [0.25, 0.3) is 0 Å². The Kier molecular flexibility index (Phi) is 5.81. The van der Waals surface area contributed by atoms with Crippen molar-refractivity contribution in [1.29, 1.82) is 0 Å². The zero-order valence-electron chi connectivity index (χ0n) is 25.7. The van der Waals surface area contributed by atoms with Crippen molar-refractivity contribution in [2.75, 3.05) is 0 Å². The molecule has 0 saturated heterocycles. The van der Waals surface area contributed by atoms with Gasteiger partial charge in [-0.05, 0) is 24.3 Å². The molecule has 0 saturated carbocycles. The summed E-state index contributed by atoms with van der Waals surface area (Å²) in [6.07, 6.45) is 3.79. The van der Waals surface area contributed by atoms with Crippen LogP contribution < -0.4 is 0 Å². The number of fused-ring (bicyclic) bond motifs is 10. The lowest BCUT2D eigenvalue weighted by atomic mass is 9.96. The lowest BCUT2D eigenvalue weighted by Crippen LogP contribution is -1.94. The van der Waals surface area contributed by atoms with Gasteiger partial charge < -0.3 is 0 Å². The number of pyridine rings is 5. The van der Waals surface area contributed by atoms with Crippen molar-refractivity contribution in [2.45, 2.75) is 0 Å². The van der Waals surface area contributed by atoms with Crippen LogP contribution in [0.4, 0.5) is 0 Å². The topological polar surface area (TPSA) is 64.5 Å². The highest BCUT2D eigenvalue weighted by molar-refractivity contribution is 6.24. The van der Waals surface area contributed by atoms with E-state index < -0.39 is 0 Å². The summed E-state index contributed by atoms with van der Waals surface area (Å²) in [7, 11) is 0. The van der Waals surface area contributed by atoms with Gasteiger partial charge in [0.05, 0.1) is 44.7 Å². The molecule has 5 nitrogen and oxygen atoms in total. The van der Waals surface area contributed by atoms with Crippen LogP contribution in [0.25, 0.3) is 99.1 Å². The summed E-state index contributed by atoms with van der Waals surface area (Å²) in [5.41, 5.74) is 10.4. The third kappa shape index (κ3) is 4.15. The lowest BCUT2D eigenvalue weighted by molar-refractivity contribution is 1.36. The van der Waals surface area contributed by atoms with E-state index >= 15 is 0 Å². The largest absolute Gasteiger partial charge is 0.254 e. The number of benzene rings is 5. The lowest BCUT2D eigenvalue weighted by Gasteiger charge is -2.13. The predicted molar refractivity (Wildman–Crippen MR) is 197 cm³/mol. The molecule has 5 heterocycles. The van der Waals surface area contributed by atoms with E-state index in [0.29, 0.717) is 0 Å². The average Bonchev–Trinajstić information content (AvgIpc) is 3.17. The maximum atomic E-state index is 5.17. The monoisotopic (exact) mass is 611 g/mol. The van der Waals surface area contributed by atoms with Gasteiger partial charge in [0, 0.05) is 66.8 Å². The summed E-state index contributed by atoms with van der Waals surface area (Å²) in [5.74, 6) is 0. The van der Waals surface area contributed by atoms with Gasteiger partial charge >= 0.3 is 0 Å². The maximum Gasteiger partial charge on any atom is 0.0972 e. The van der Waals surface area contributed by atoms with E-state index in [0.717, 1.165) is 99.1 Å². The van der Waals surface area contributed by atoms with Crippen LogP contribution in [0.3, 0.4) is 0 Å². The molecule has 0 aliphatic heterocycles. The minimum absolute atomic E-state index is 0.897.